The van der Waals surface area contributed by atoms with E-state index in [1.807, 2.05) is 12.1 Å². The first-order valence-electron chi connectivity index (χ1n) is 22.2. The maximum atomic E-state index is 6.14. The number of benzene rings is 10. The Hall–Kier alpha value is -8.14. The van der Waals surface area contributed by atoms with E-state index in [0.717, 1.165) is 50.1 Å². The fourth-order valence-corrected chi connectivity index (χ4v) is 10.6. The molecule has 3 heteroatoms. The van der Waals surface area contributed by atoms with Gasteiger partial charge in [0.25, 0.3) is 0 Å². The van der Waals surface area contributed by atoms with E-state index in [-0.39, 0.29) is 5.41 Å². The Kier molecular flexibility index (Phi) is 7.95. The van der Waals surface area contributed by atoms with E-state index < -0.39 is 0 Å². The van der Waals surface area contributed by atoms with E-state index in [1.54, 1.807) is 0 Å². The fourth-order valence-electron chi connectivity index (χ4n) is 10.6. The lowest BCUT2D eigenvalue weighted by molar-refractivity contribution is 0.660. The lowest BCUT2D eigenvalue weighted by atomic mass is 9.82. The van der Waals surface area contributed by atoms with Gasteiger partial charge in [-0.05, 0) is 129 Å². The normalized spacial score (nSPS) is 13.0. The first-order chi connectivity index (χ1) is 31.5. The van der Waals surface area contributed by atoms with Crippen molar-refractivity contribution in [2.45, 2.75) is 19.3 Å². The van der Waals surface area contributed by atoms with Crippen LogP contribution in [-0.4, -0.2) is 4.57 Å². The smallest absolute Gasteiger partial charge is 0.135 e. The molecule has 12 aromatic rings. The zero-order valence-electron chi connectivity index (χ0n) is 35.6. The zero-order valence-corrected chi connectivity index (χ0v) is 35.6. The molecular weight excluding hydrogens is 777 g/mol. The van der Waals surface area contributed by atoms with Crippen LogP contribution < -0.4 is 4.90 Å². The molecule has 0 aliphatic heterocycles. The highest BCUT2D eigenvalue weighted by Crippen LogP contribution is 2.50. The van der Waals surface area contributed by atoms with Crippen LogP contribution in [0, 0.1) is 0 Å². The van der Waals surface area contributed by atoms with Gasteiger partial charge in [0.2, 0.25) is 0 Å². The Morgan fingerprint density at radius 2 is 0.969 bits per heavy atom. The van der Waals surface area contributed by atoms with E-state index in [2.05, 4.69) is 230 Å². The summed E-state index contributed by atoms with van der Waals surface area (Å²) in [5.41, 5.74) is 18.8. The third kappa shape index (κ3) is 5.54. The Bertz CT molecular complexity index is 3810. The molecule has 0 amide bonds. The van der Waals surface area contributed by atoms with Crippen molar-refractivity contribution in [2.75, 3.05) is 4.90 Å². The molecule has 0 fully saturated rings. The summed E-state index contributed by atoms with van der Waals surface area (Å²) in [7, 11) is 0. The van der Waals surface area contributed by atoms with Crippen LogP contribution in [0.15, 0.2) is 223 Å². The average Bonchev–Trinajstić information content (AvgIpc) is 3.97. The van der Waals surface area contributed by atoms with Crippen LogP contribution in [0.2, 0.25) is 0 Å². The van der Waals surface area contributed by atoms with Crippen molar-refractivity contribution >= 4 is 71.6 Å². The van der Waals surface area contributed by atoms with E-state index >= 15 is 0 Å². The van der Waals surface area contributed by atoms with Crippen molar-refractivity contribution in [3.63, 3.8) is 0 Å². The van der Waals surface area contributed by atoms with Gasteiger partial charge in [-0.3, -0.25) is 0 Å². The highest BCUT2D eigenvalue weighted by Gasteiger charge is 2.35. The first-order valence-corrected chi connectivity index (χ1v) is 22.2. The number of para-hydroxylation sites is 2. The van der Waals surface area contributed by atoms with Gasteiger partial charge in [0, 0.05) is 49.4 Å². The lowest BCUT2D eigenvalue weighted by Crippen LogP contribution is -2.15. The molecule has 0 N–H and O–H groups in total. The number of nitrogens with zero attached hydrogens (tertiary/aromatic N) is 2. The number of aromatic nitrogens is 1. The topological polar surface area (TPSA) is 21.3 Å². The molecule has 0 atom stereocenters. The quantitative estimate of drug-likeness (QED) is 0.167. The maximum absolute atomic E-state index is 6.14. The highest BCUT2D eigenvalue weighted by molar-refractivity contribution is 6.11. The van der Waals surface area contributed by atoms with Crippen LogP contribution >= 0.6 is 0 Å². The minimum absolute atomic E-state index is 0.0704. The molecule has 0 spiro atoms. The minimum Gasteiger partial charge on any atom is -0.456 e. The van der Waals surface area contributed by atoms with Crippen molar-refractivity contribution in [3.8, 4) is 39.1 Å². The second kappa shape index (κ2) is 13.9. The minimum atomic E-state index is -0.0704. The molecule has 10 aromatic carbocycles. The van der Waals surface area contributed by atoms with Crippen molar-refractivity contribution in [1.82, 2.24) is 4.57 Å². The SMILES string of the molecule is CC1(C)c2ccccc2-c2ccc(-n3c4ccccc4c4cc(-c5ccc(N(c6ccc(-c7ccc8oc9ccccc9c8c7)cc6)c6cccc7ccccc67)cc5)ccc43)cc21. The van der Waals surface area contributed by atoms with Crippen LogP contribution in [0.3, 0.4) is 0 Å². The molecular formula is C61H42N2O. The van der Waals surface area contributed by atoms with E-state index in [4.69, 9.17) is 4.42 Å². The Morgan fingerprint density at radius 1 is 0.391 bits per heavy atom. The van der Waals surface area contributed by atoms with Crippen molar-refractivity contribution in [2.24, 2.45) is 0 Å². The fraction of sp³-hybridized carbons (Fsp3) is 0.0492. The summed E-state index contributed by atoms with van der Waals surface area (Å²) in [4.78, 5) is 2.38. The van der Waals surface area contributed by atoms with Crippen molar-refractivity contribution in [3.05, 3.63) is 230 Å². The van der Waals surface area contributed by atoms with Crippen LogP contribution in [0.1, 0.15) is 25.0 Å². The van der Waals surface area contributed by atoms with Gasteiger partial charge in [0.1, 0.15) is 11.2 Å². The summed E-state index contributed by atoms with van der Waals surface area (Å²) in [6.07, 6.45) is 0. The Labute approximate surface area is 371 Å². The summed E-state index contributed by atoms with van der Waals surface area (Å²) in [6.45, 7) is 4.71. The third-order valence-electron chi connectivity index (χ3n) is 13.8. The molecule has 0 radical (unpaired) electrons. The van der Waals surface area contributed by atoms with Crippen LogP contribution in [0.5, 0.6) is 0 Å². The molecule has 0 bridgehead atoms. The molecule has 3 nitrogen and oxygen atoms in total. The first kappa shape index (κ1) is 36.5. The van der Waals surface area contributed by atoms with Crippen molar-refractivity contribution < 1.29 is 4.42 Å². The number of furan rings is 1. The maximum Gasteiger partial charge on any atom is 0.135 e. The monoisotopic (exact) mass is 818 g/mol. The molecule has 1 aliphatic rings. The van der Waals surface area contributed by atoms with E-state index in [0.29, 0.717) is 0 Å². The second-order valence-corrected chi connectivity index (χ2v) is 17.7. The van der Waals surface area contributed by atoms with Gasteiger partial charge < -0.3 is 13.9 Å². The van der Waals surface area contributed by atoms with Gasteiger partial charge in [-0.2, -0.15) is 0 Å². The molecule has 302 valence electrons. The number of fused-ring (bicyclic) bond motifs is 10. The predicted octanol–water partition coefficient (Wildman–Crippen LogP) is 16.9. The van der Waals surface area contributed by atoms with Crippen LogP contribution in [0.25, 0.3) is 93.6 Å². The lowest BCUT2D eigenvalue weighted by Gasteiger charge is -2.27. The molecule has 1 aliphatic carbocycles. The summed E-state index contributed by atoms with van der Waals surface area (Å²) in [6, 6.07) is 79.7. The molecule has 64 heavy (non-hydrogen) atoms. The van der Waals surface area contributed by atoms with Gasteiger partial charge in [-0.15, -0.1) is 0 Å². The van der Waals surface area contributed by atoms with Crippen LogP contribution in [-0.2, 0) is 5.41 Å². The van der Waals surface area contributed by atoms with E-state index in [1.165, 1.54) is 71.6 Å². The van der Waals surface area contributed by atoms with Crippen molar-refractivity contribution in [1.29, 1.82) is 0 Å². The molecule has 2 heterocycles. The second-order valence-electron chi connectivity index (χ2n) is 17.7. The van der Waals surface area contributed by atoms with Gasteiger partial charge in [-0.1, -0.05) is 153 Å². The van der Waals surface area contributed by atoms with Gasteiger partial charge in [-0.25, -0.2) is 0 Å². The number of rotatable bonds is 6. The average molecular weight is 819 g/mol. The molecule has 13 rings (SSSR count). The van der Waals surface area contributed by atoms with Gasteiger partial charge >= 0.3 is 0 Å². The Balaban J connectivity index is 0.883. The van der Waals surface area contributed by atoms with Crippen LogP contribution in [0.4, 0.5) is 17.1 Å². The number of anilines is 3. The zero-order chi connectivity index (χ0) is 42.5. The standard InChI is InChI=1S/C61H42N2O/c1-61(2)54-18-8-5-15-48(54)49-33-32-46(38-55(49)61)63-57-19-9-6-16-50(57)52-36-42(26-34-58(52)63)39-22-28-44(29-23-39)62(56-20-11-13-41-12-3-4-14-47(41)56)45-30-24-40(25-31-45)43-27-35-60-53(37-43)51-17-7-10-21-59(51)64-60/h3-38H,1-2H3. The van der Waals surface area contributed by atoms with Gasteiger partial charge in [0.05, 0.1) is 16.7 Å². The molecule has 0 unspecified atom stereocenters. The number of hydrogen-bond acceptors (Lipinski definition) is 2. The predicted molar refractivity (Wildman–Crippen MR) is 269 cm³/mol. The summed E-state index contributed by atoms with van der Waals surface area (Å²) in [5.74, 6) is 0. The van der Waals surface area contributed by atoms with Gasteiger partial charge in [0.15, 0.2) is 0 Å². The largest absolute Gasteiger partial charge is 0.456 e. The highest BCUT2D eigenvalue weighted by atomic mass is 16.3. The van der Waals surface area contributed by atoms with E-state index in [9.17, 15) is 0 Å². The molecule has 2 aromatic heterocycles. The summed E-state index contributed by atoms with van der Waals surface area (Å²) >= 11 is 0. The third-order valence-corrected chi connectivity index (χ3v) is 13.8. The molecule has 0 saturated heterocycles. The Morgan fingerprint density at radius 3 is 1.77 bits per heavy atom. The summed E-state index contributed by atoms with van der Waals surface area (Å²) < 4.78 is 8.58. The molecule has 0 saturated carbocycles. The number of hydrogen-bond donors (Lipinski definition) is 0. The summed E-state index contributed by atoms with van der Waals surface area (Å²) in [5, 5.41) is 7.18.